The van der Waals surface area contributed by atoms with Crippen molar-refractivity contribution in [3.8, 4) is 0 Å². The molecule has 3 rings (SSSR count). The fourth-order valence-electron chi connectivity index (χ4n) is 4.06. The fourth-order valence-corrected chi connectivity index (χ4v) is 5.80. The molecule has 3 amide bonds. The van der Waals surface area contributed by atoms with Crippen LogP contribution in [-0.2, 0) is 19.4 Å². The van der Waals surface area contributed by atoms with Crippen LogP contribution >= 0.6 is 0 Å². The number of hydrogen-bond acceptors (Lipinski definition) is 7. The number of rotatable bonds is 8. The molecule has 174 valence electrons. The van der Waals surface area contributed by atoms with Gasteiger partial charge in [-0.15, -0.1) is 0 Å². The first-order chi connectivity index (χ1) is 15.1. The van der Waals surface area contributed by atoms with Gasteiger partial charge in [-0.25, -0.2) is 13.2 Å². The van der Waals surface area contributed by atoms with Crippen molar-refractivity contribution in [3.63, 3.8) is 0 Å². The van der Waals surface area contributed by atoms with Crippen LogP contribution in [0, 0.1) is 0 Å². The molecule has 2 aliphatic heterocycles. The van der Waals surface area contributed by atoms with Crippen molar-refractivity contribution in [2.75, 3.05) is 24.6 Å². The monoisotopic (exact) mass is 464 g/mol. The molecule has 9 nitrogen and oxygen atoms in total. The maximum absolute atomic E-state index is 12.8. The standard InChI is InChI=1S/C22H28N2O7S/c1-4-6-10-24-20(26)17-8-7-15(12-18(17)21(24)27)22(28)31-14(3)19(25)23(5-2)16-9-11-32(29,30)13-16/h7-8,12,14,16H,4-6,9-11,13H2,1-3H3/t14-,16-/m0/s1. The summed E-state index contributed by atoms with van der Waals surface area (Å²) in [5, 5.41) is 0. The van der Waals surface area contributed by atoms with Crippen molar-refractivity contribution in [2.45, 2.75) is 52.2 Å². The lowest BCUT2D eigenvalue weighted by Crippen LogP contribution is -2.46. The Hall–Kier alpha value is -2.75. The van der Waals surface area contributed by atoms with Gasteiger partial charge >= 0.3 is 5.97 Å². The van der Waals surface area contributed by atoms with E-state index in [-0.39, 0.29) is 34.1 Å². The van der Waals surface area contributed by atoms with Crippen LogP contribution in [0.25, 0.3) is 0 Å². The zero-order chi connectivity index (χ0) is 23.6. The number of ether oxygens (including phenoxy) is 1. The van der Waals surface area contributed by atoms with Gasteiger partial charge in [-0.2, -0.15) is 0 Å². The van der Waals surface area contributed by atoms with Crippen LogP contribution in [0.15, 0.2) is 18.2 Å². The van der Waals surface area contributed by atoms with E-state index >= 15 is 0 Å². The average molecular weight is 465 g/mol. The van der Waals surface area contributed by atoms with Crippen LogP contribution in [0.1, 0.15) is 71.1 Å². The van der Waals surface area contributed by atoms with Gasteiger partial charge in [0.25, 0.3) is 17.7 Å². The summed E-state index contributed by atoms with van der Waals surface area (Å²) in [6, 6.07) is 3.71. The molecule has 0 aromatic heterocycles. The van der Waals surface area contributed by atoms with E-state index < -0.39 is 39.8 Å². The molecule has 1 aromatic rings. The van der Waals surface area contributed by atoms with E-state index in [0.717, 1.165) is 6.42 Å². The Morgan fingerprint density at radius 1 is 1.19 bits per heavy atom. The summed E-state index contributed by atoms with van der Waals surface area (Å²) < 4.78 is 28.8. The first-order valence-electron chi connectivity index (χ1n) is 10.8. The molecular weight excluding hydrogens is 436 g/mol. The van der Waals surface area contributed by atoms with E-state index in [1.165, 1.54) is 34.9 Å². The number of sulfone groups is 1. The number of nitrogens with zero attached hydrogens (tertiary/aromatic N) is 2. The third kappa shape index (κ3) is 4.69. The van der Waals surface area contributed by atoms with Crippen LogP contribution in [-0.4, -0.2) is 78.6 Å². The van der Waals surface area contributed by atoms with Crippen molar-refractivity contribution in [2.24, 2.45) is 0 Å². The number of unbranched alkanes of at least 4 members (excludes halogenated alkanes) is 1. The quantitative estimate of drug-likeness (QED) is 0.424. The van der Waals surface area contributed by atoms with E-state index in [0.29, 0.717) is 25.9 Å². The molecule has 0 aliphatic carbocycles. The normalized spacial score (nSPS) is 20.2. The number of amides is 3. The number of hydrogen-bond donors (Lipinski definition) is 0. The predicted octanol–water partition coefficient (Wildman–Crippen LogP) is 1.66. The van der Waals surface area contributed by atoms with Gasteiger partial charge in [0.2, 0.25) is 0 Å². The number of fused-ring (bicyclic) bond motifs is 1. The Bertz CT molecular complexity index is 1050. The highest BCUT2D eigenvalue weighted by atomic mass is 32.2. The minimum Gasteiger partial charge on any atom is -0.449 e. The van der Waals surface area contributed by atoms with Gasteiger partial charge in [0, 0.05) is 19.1 Å². The lowest BCUT2D eigenvalue weighted by molar-refractivity contribution is -0.141. The molecule has 10 heteroatoms. The second-order valence-corrected chi connectivity index (χ2v) is 10.3. The summed E-state index contributed by atoms with van der Waals surface area (Å²) in [4.78, 5) is 53.1. The SMILES string of the molecule is CCCCN1C(=O)c2ccc(C(=O)O[C@@H](C)C(=O)N(CC)[C@H]3CCS(=O)(=O)C3)cc2C1=O. The lowest BCUT2D eigenvalue weighted by Gasteiger charge is -2.29. The lowest BCUT2D eigenvalue weighted by atomic mass is 10.1. The molecule has 2 aliphatic rings. The predicted molar refractivity (Wildman–Crippen MR) is 116 cm³/mol. The minimum atomic E-state index is -3.17. The summed E-state index contributed by atoms with van der Waals surface area (Å²) >= 11 is 0. The van der Waals surface area contributed by atoms with Crippen LogP contribution < -0.4 is 0 Å². The van der Waals surface area contributed by atoms with Crippen molar-refractivity contribution in [1.29, 1.82) is 0 Å². The Balaban J connectivity index is 1.70. The number of likely N-dealkylation sites (N-methyl/N-ethyl adjacent to an activating group) is 1. The van der Waals surface area contributed by atoms with Crippen LogP contribution in [0.5, 0.6) is 0 Å². The maximum atomic E-state index is 12.8. The fraction of sp³-hybridized carbons (Fsp3) is 0.545. The molecule has 1 aromatic carbocycles. The second-order valence-electron chi connectivity index (χ2n) is 8.10. The topological polar surface area (TPSA) is 118 Å². The van der Waals surface area contributed by atoms with E-state index in [1.54, 1.807) is 6.92 Å². The van der Waals surface area contributed by atoms with Gasteiger partial charge in [-0.05, 0) is 44.9 Å². The summed E-state index contributed by atoms with van der Waals surface area (Å²) in [5.41, 5.74) is 0.450. The van der Waals surface area contributed by atoms with Crippen molar-refractivity contribution < 1.29 is 32.3 Å². The number of carbonyl (C=O) groups is 4. The highest BCUT2D eigenvalue weighted by Gasteiger charge is 2.37. The summed E-state index contributed by atoms with van der Waals surface area (Å²) in [7, 11) is -3.17. The molecule has 0 radical (unpaired) electrons. The molecule has 0 unspecified atom stereocenters. The van der Waals surface area contributed by atoms with Crippen molar-refractivity contribution >= 4 is 33.5 Å². The molecule has 0 saturated carbocycles. The smallest absolute Gasteiger partial charge is 0.338 e. The van der Waals surface area contributed by atoms with E-state index in [1.807, 2.05) is 6.92 Å². The van der Waals surface area contributed by atoms with Crippen LogP contribution in [0.3, 0.4) is 0 Å². The van der Waals surface area contributed by atoms with E-state index in [4.69, 9.17) is 4.74 Å². The zero-order valence-electron chi connectivity index (χ0n) is 18.5. The molecule has 0 bridgehead atoms. The molecule has 1 fully saturated rings. The molecule has 0 spiro atoms. The number of carbonyl (C=O) groups excluding carboxylic acids is 4. The Morgan fingerprint density at radius 2 is 1.88 bits per heavy atom. The van der Waals surface area contributed by atoms with Crippen LogP contribution in [0.4, 0.5) is 0 Å². The van der Waals surface area contributed by atoms with Gasteiger partial charge in [0.05, 0.1) is 28.2 Å². The van der Waals surface area contributed by atoms with Crippen molar-refractivity contribution in [3.05, 3.63) is 34.9 Å². The largest absolute Gasteiger partial charge is 0.449 e. The third-order valence-corrected chi connectivity index (χ3v) is 7.60. The summed E-state index contributed by atoms with van der Waals surface area (Å²) in [6.07, 6.45) is 0.754. The number of benzene rings is 1. The summed E-state index contributed by atoms with van der Waals surface area (Å²) in [6.45, 7) is 5.74. The zero-order valence-corrected chi connectivity index (χ0v) is 19.3. The molecule has 2 heterocycles. The Kier molecular flexibility index (Phi) is 7.02. The van der Waals surface area contributed by atoms with Gasteiger partial charge in [-0.3, -0.25) is 19.3 Å². The van der Waals surface area contributed by atoms with Gasteiger partial charge < -0.3 is 9.64 Å². The number of imide groups is 1. The first kappa shape index (κ1) is 23.9. The highest BCUT2D eigenvalue weighted by Crippen LogP contribution is 2.25. The average Bonchev–Trinajstić information content (AvgIpc) is 3.23. The van der Waals surface area contributed by atoms with Gasteiger partial charge in [0.15, 0.2) is 15.9 Å². The van der Waals surface area contributed by atoms with E-state index in [2.05, 4.69) is 0 Å². The number of esters is 1. The molecule has 1 saturated heterocycles. The minimum absolute atomic E-state index is 0.0345. The Morgan fingerprint density at radius 3 is 2.47 bits per heavy atom. The first-order valence-corrected chi connectivity index (χ1v) is 12.6. The third-order valence-electron chi connectivity index (χ3n) is 5.85. The molecule has 32 heavy (non-hydrogen) atoms. The van der Waals surface area contributed by atoms with Crippen LogP contribution in [0.2, 0.25) is 0 Å². The van der Waals surface area contributed by atoms with E-state index in [9.17, 15) is 27.6 Å². The van der Waals surface area contributed by atoms with Crippen molar-refractivity contribution in [1.82, 2.24) is 9.80 Å². The molecule has 0 N–H and O–H groups in total. The molecule has 2 atom stereocenters. The Labute approximate surface area is 187 Å². The molecular formula is C22H28N2O7S. The van der Waals surface area contributed by atoms with Gasteiger partial charge in [-0.1, -0.05) is 13.3 Å². The maximum Gasteiger partial charge on any atom is 0.338 e. The summed E-state index contributed by atoms with van der Waals surface area (Å²) in [5.74, 6) is -2.16. The van der Waals surface area contributed by atoms with Gasteiger partial charge in [0.1, 0.15) is 0 Å². The second kappa shape index (κ2) is 9.40. The highest BCUT2D eigenvalue weighted by molar-refractivity contribution is 7.91.